The summed E-state index contributed by atoms with van der Waals surface area (Å²) < 4.78 is 2.85. The second-order valence-corrected chi connectivity index (χ2v) is 6.24. The zero-order valence-corrected chi connectivity index (χ0v) is 14.2. The molecule has 0 saturated carbocycles. The predicted octanol–water partition coefficient (Wildman–Crippen LogP) is 4.25. The van der Waals surface area contributed by atoms with Crippen LogP contribution in [0.3, 0.4) is 0 Å². The molecule has 116 valence electrons. The average molecular weight is 370 g/mol. The molecule has 1 amide bonds. The lowest BCUT2D eigenvalue weighted by Gasteiger charge is -2.05. The van der Waals surface area contributed by atoms with Gasteiger partial charge < -0.3 is 5.32 Å². The Hall–Kier alpha value is -2.40. The molecule has 4 nitrogen and oxygen atoms in total. The largest absolute Gasteiger partial charge is 0.319 e. The molecule has 0 saturated heterocycles. The maximum atomic E-state index is 12.3. The summed E-state index contributed by atoms with van der Waals surface area (Å²) in [6.45, 7) is 2.58. The van der Waals surface area contributed by atoms with E-state index in [-0.39, 0.29) is 5.91 Å². The van der Waals surface area contributed by atoms with Crippen LogP contribution in [0.15, 0.2) is 65.4 Å². The Labute approximate surface area is 143 Å². The number of carbonyl (C=O) groups excluding carboxylic acids is 1. The quantitative estimate of drug-likeness (QED) is 0.746. The Balaban J connectivity index is 1.69. The number of aryl methyl sites for hydroxylation is 1. The number of halogens is 1. The number of nitrogens with one attached hydrogen (secondary N) is 1. The van der Waals surface area contributed by atoms with Crippen LogP contribution in [0.2, 0.25) is 0 Å². The molecule has 5 heteroatoms. The monoisotopic (exact) mass is 369 g/mol. The number of hydrogen-bond acceptors (Lipinski definition) is 2. The van der Waals surface area contributed by atoms with Crippen LogP contribution in [0.25, 0.3) is 0 Å². The Morgan fingerprint density at radius 2 is 1.91 bits per heavy atom. The van der Waals surface area contributed by atoms with E-state index in [1.165, 1.54) is 0 Å². The Bertz CT molecular complexity index is 824. The first-order valence-corrected chi connectivity index (χ1v) is 8.05. The Morgan fingerprint density at radius 3 is 2.65 bits per heavy atom. The van der Waals surface area contributed by atoms with Crippen molar-refractivity contribution in [2.75, 3.05) is 5.32 Å². The molecule has 0 aliphatic carbocycles. The molecule has 0 bridgehead atoms. The molecule has 1 aromatic heterocycles. The minimum atomic E-state index is -0.119. The van der Waals surface area contributed by atoms with E-state index in [0.29, 0.717) is 17.8 Å². The third kappa shape index (κ3) is 3.87. The molecule has 0 spiro atoms. The number of benzene rings is 2. The van der Waals surface area contributed by atoms with Crippen molar-refractivity contribution < 1.29 is 4.79 Å². The fourth-order valence-electron chi connectivity index (χ4n) is 2.32. The van der Waals surface area contributed by atoms with Crippen molar-refractivity contribution in [1.29, 1.82) is 0 Å². The lowest BCUT2D eigenvalue weighted by molar-refractivity contribution is 0.102. The smallest absolute Gasteiger partial charge is 0.256 e. The zero-order valence-electron chi connectivity index (χ0n) is 12.7. The number of rotatable bonds is 4. The predicted molar refractivity (Wildman–Crippen MR) is 94.6 cm³/mol. The highest BCUT2D eigenvalue weighted by Crippen LogP contribution is 2.14. The number of carbonyl (C=O) groups is 1. The van der Waals surface area contributed by atoms with E-state index >= 15 is 0 Å². The highest BCUT2D eigenvalue weighted by molar-refractivity contribution is 9.10. The van der Waals surface area contributed by atoms with Gasteiger partial charge in [0.25, 0.3) is 5.91 Å². The summed E-state index contributed by atoms with van der Waals surface area (Å²) in [5, 5.41) is 7.18. The molecule has 0 fully saturated rings. The van der Waals surface area contributed by atoms with Crippen molar-refractivity contribution in [3.05, 3.63) is 82.1 Å². The molecule has 0 unspecified atom stereocenters. The topological polar surface area (TPSA) is 46.9 Å². The van der Waals surface area contributed by atoms with Crippen molar-refractivity contribution in [2.24, 2.45) is 0 Å². The van der Waals surface area contributed by atoms with Gasteiger partial charge in [0.2, 0.25) is 0 Å². The van der Waals surface area contributed by atoms with E-state index in [1.54, 1.807) is 10.9 Å². The Morgan fingerprint density at radius 1 is 1.17 bits per heavy atom. The Kier molecular flexibility index (Phi) is 4.57. The number of anilines is 1. The minimum absolute atomic E-state index is 0.119. The van der Waals surface area contributed by atoms with E-state index in [9.17, 15) is 4.79 Å². The van der Waals surface area contributed by atoms with Crippen LogP contribution < -0.4 is 5.32 Å². The summed E-state index contributed by atoms with van der Waals surface area (Å²) in [6, 6.07) is 15.6. The molecule has 3 rings (SSSR count). The van der Waals surface area contributed by atoms with Crippen LogP contribution in [0.1, 0.15) is 21.5 Å². The summed E-state index contributed by atoms with van der Waals surface area (Å²) >= 11 is 3.42. The van der Waals surface area contributed by atoms with Crippen molar-refractivity contribution in [3.63, 3.8) is 0 Å². The van der Waals surface area contributed by atoms with Crippen LogP contribution in [0, 0.1) is 6.92 Å². The highest BCUT2D eigenvalue weighted by atomic mass is 79.9. The molecule has 2 aromatic carbocycles. The van der Waals surface area contributed by atoms with E-state index in [2.05, 4.69) is 26.3 Å². The van der Waals surface area contributed by atoms with E-state index in [0.717, 1.165) is 15.6 Å². The third-order valence-corrected chi connectivity index (χ3v) is 4.07. The van der Waals surface area contributed by atoms with Gasteiger partial charge in [0, 0.05) is 16.2 Å². The van der Waals surface area contributed by atoms with Gasteiger partial charge in [0.15, 0.2) is 0 Å². The third-order valence-electron chi connectivity index (χ3n) is 3.54. The fourth-order valence-corrected chi connectivity index (χ4v) is 2.58. The van der Waals surface area contributed by atoms with Gasteiger partial charge in [-0.05, 0) is 36.2 Å². The normalized spacial score (nSPS) is 10.5. The van der Waals surface area contributed by atoms with Crippen LogP contribution in [-0.2, 0) is 6.54 Å². The molecule has 1 heterocycles. The van der Waals surface area contributed by atoms with Crippen molar-refractivity contribution in [1.82, 2.24) is 9.78 Å². The maximum Gasteiger partial charge on any atom is 0.256 e. The van der Waals surface area contributed by atoms with Crippen LogP contribution in [0.5, 0.6) is 0 Å². The van der Waals surface area contributed by atoms with E-state index < -0.39 is 0 Å². The van der Waals surface area contributed by atoms with Crippen LogP contribution >= 0.6 is 15.9 Å². The summed E-state index contributed by atoms with van der Waals surface area (Å²) in [5.74, 6) is -0.119. The second-order valence-electron chi connectivity index (χ2n) is 5.32. The zero-order chi connectivity index (χ0) is 16.2. The lowest BCUT2D eigenvalue weighted by atomic mass is 10.1. The van der Waals surface area contributed by atoms with Crippen molar-refractivity contribution in [3.8, 4) is 0 Å². The molecule has 0 aliphatic rings. The van der Waals surface area contributed by atoms with Gasteiger partial charge in [-0.25, -0.2) is 0 Å². The van der Waals surface area contributed by atoms with Gasteiger partial charge in [0.1, 0.15) is 0 Å². The molecule has 0 aliphatic heterocycles. The lowest BCUT2D eigenvalue weighted by Crippen LogP contribution is -2.12. The first kappa shape index (κ1) is 15.5. The van der Waals surface area contributed by atoms with Crippen LogP contribution in [-0.4, -0.2) is 15.7 Å². The first-order valence-electron chi connectivity index (χ1n) is 7.26. The molecule has 0 atom stereocenters. The van der Waals surface area contributed by atoms with Gasteiger partial charge in [-0.2, -0.15) is 5.10 Å². The maximum absolute atomic E-state index is 12.3. The number of nitrogens with zero attached hydrogens (tertiary/aromatic N) is 2. The number of amides is 1. The standard InChI is InChI=1S/C18H16BrN3O/c1-13-4-2-3-5-17(13)18(23)21-16-10-20-22(12-16)11-14-6-8-15(19)9-7-14/h2-10,12H,11H2,1H3,(H,21,23). The molecular weight excluding hydrogens is 354 g/mol. The molecular formula is C18H16BrN3O. The number of hydrogen-bond donors (Lipinski definition) is 1. The van der Waals surface area contributed by atoms with E-state index in [4.69, 9.17) is 0 Å². The molecule has 0 radical (unpaired) electrons. The van der Waals surface area contributed by atoms with Crippen LogP contribution in [0.4, 0.5) is 5.69 Å². The average Bonchev–Trinajstić information content (AvgIpc) is 2.97. The second kappa shape index (κ2) is 6.79. The summed E-state index contributed by atoms with van der Waals surface area (Å²) in [5.41, 5.74) is 3.46. The molecule has 23 heavy (non-hydrogen) atoms. The van der Waals surface area contributed by atoms with E-state index in [1.807, 2.05) is 61.7 Å². The van der Waals surface area contributed by atoms with Crippen molar-refractivity contribution >= 4 is 27.5 Å². The summed E-state index contributed by atoms with van der Waals surface area (Å²) in [6.07, 6.45) is 3.49. The van der Waals surface area contributed by atoms with Crippen molar-refractivity contribution in [2.45, 2.75) is 13.5 Å². The van der Waals surface area contributed by atoms with Gasteiger partial charge >= 0.3 is 0 Å². The number of aromatic nitrogens is 2. The highest BCUT2D eigenvalue weighted by Gasteiger charge is 2.09. The molecule has 1 N–H and O–H groups in total. The summed E-state index contributed by atoms with van der Waals surface area (Å²) in [4.78, 5) is 12.3. The van der Waals surface area contributed by atoms with Gasteiger partial charge in [-0.3, -0.25) is 9.48 Å². The summed E-state index contributed by atoms with van der Waals surface area (Å²) in [7, 11) is 0. The minimum Gasteiger partial charge on any atom is -0.319 e. The fraction of sp³-hybridized carbons (Fsp3) is 0.111. The first-order chi connectivity index (χ1) is 11.1. The van der Waals surface area contributed by atoms with Gasteiger partial charge in [-0.15, -0.1) is 0 Å². The van der Waals surface area contributed by atoms with Gasteiger partial charge in [0.05, 0.1) is 18.4 Å². The van der Waals surface area contributed by atoms with Gasteiger partial charge in [-0.1, -0.05) is 46.3 Å². The SMILES string of the molecule is Cc1ccccc1C(=O)Nc1cnn(Cc2ccc(Br)cc2)c1. The molecule has 3 aromatic rings.